The Bertz CT molecular complexity index is 448. The average Bonchev–Trinajstić information content (AvgIpc) is 2.42. The van der Waals surface area contributed by atoms with Crippen LogP contribution >= 0.6 is 12.4 Å². The number of anilines is 1. The Morgan fingerprint density at radius 3 is 2.95 bits per heavy atom. The van der Waals surface area contributed by atoms with E-state index in [-0.39, 0.29) is 24.4 Å². The fourth-order valence-electron chi connectivity index (χ4n) is 2.06. The van der Waals surface area contributed by atoms with E-state index in [1.165, 1.54) is 0 Å². The second-order valence-corrected chi connectivity index (χ2v) is 4.63. The molecule has 0 bridgehead atoms. The summed E-state index contributed by atoms with van der Waals surface area (Å²) in [5.41, 5.74) is 1.80. The molecule has 0 saturated carbocycles. The molecule has 20 heavy (non-hydrogen) atoms. The normalized spacial score (nSPS) is 18.0. The zero-order valence-corrected chi connectivity index (χ0v) is 12.6. The number of carbonyl (C=O) groups is 1. The highest BCUT2D eigenvalue weighted by Gasteiger charge is 2.17. The Kier molecular flexibility index (Phi) is 6.78. The summed E-state index contributed by atoms with van der Waals surface area (Å²) in [6.07, 6.45) is 0.339. The van der Waals surface area contributed by atoms with Crippen LogP contribution in [-0.2, 0) is 9.53 Å². The summed E-state index contributed by atoms with van der Waals surface area (Å²) in [5, 5.41) is 6.12. The molecule has 1 atom stereocenters. The maximum Gasteiger partial charge on any atom is 0.227 e. The molecular formula is C14H21ClN2O3. The van der Waals surface area contributed by atoms with Gasteiger partial charge in [0.25, 0.3) is 0 Å². The predicted octanol–water partition coefficient (Wildman–Crippen LogP) is 1.74. The number of halogens is 1. The molecule has 0 spiro atoms. The second kappa shape index (κ2) is 8.09. The zero-order valence-electron chi connectivity index (χ0n) is 11.8. The van der Waals surface area contributed by atoms with E-state index in [9.17, 15) is 4.79 Å². The number of ether oxygens (including phenoxy) is 2. The Morgan fingerprint density at radius 1 is 1.55 bits per heavy atom. The van der Waals surface area contributed by atoms with E-state index in [1.807, 2.05) is 25.1 Å². The van der Waals surface area contributed by atoms with Crippen LogP contribution in [0.1, 0.15) is 12.0 Å². The van der Waals surface area contributed by atoms with E-state index in [0.717, 1.165) is 30.1 Å². The van der Waals surface area contributed by atoms with Crippen LogP contribution in [0.25, 0.3) is 0 Å². The summed E-state index contributed by atoms with van der Waals surface area (Å²) in [7, 11) is 1.63. The lowest BCUT2D eigenvalue weighted by Crippen LogP contribution is -2.40. The van der Waals surface area contributed by atoms with Gasteiger partial charge in [-0.15, -0.1) is 12.4 Å². The quantitative estimate of drug-likeness (QED) is 0.889. The molecule has 0 radical (unpaired) electrons. The molecule has 1 aromatic rings. The lowest BCUT2D eigenvalue weighted by Gasteiger charge is -2.23. The zero-order chi connectivity index (χ0) is 13.7. The first-order valence-corrected chi connectivity index (χ1v) is 6.46. The minimum atomic E-state index is -0.0349. The number of hydrogen-bond donors (Lipinski definition) is 2. The van der Waals surface area contributed by atoms with Crippen molar-refractivity contribution in [2.45, 2.75) is 19.4 Å². The molecular weight excluding hydrogens is 280 g/mol. The molecule has 0 aromatic heterocycles. The summed E-state index contributed by atoms with van der Waals surface area (Å²) in [5.74, 6) is 0.761. The third-order valence-corrected chi connectivity index (χ3v) is 3.13. The summed E-state index contributed by atoms with van der Waals surface area (Å²) < 4.78 is 10.6. The van der Waals surface area contributed by atoms with Gasteiger partial charge < -0.3 is 20.1 Å². The fraction of sp³-hybridized carbons (Fsp3) is 0.500. The molecule has 112 valence electrons. The topological polar surface area (TPSA) is 59.6 Å². The predicted molar refractivity (Wildman–Crippen MR) is 80.8 cm³/mol. The van der Waals surface area contributed by atoms with Gasteiger partial charge in [0.05, 0.1) is 26.2 Å². The summed E-state index contributed by atoms with van der Waals surface area (Å²) in [6, 6.07) is 5.58. The van der Waals surface area contributed by atoms with E-state index >= 15 is 0 Å². The van der Waals surface area contributed by atoms with Crippen molar-refractivity contribution in [1.82, 2.24) is 5.32 Å². The number of aryl methyl sites for hydroxylation is 1. The van der Waals surface area contributed by atoms with Crippen LogP contribution < -0.4 is 15.4 Å². The Labute approximate surface area is 125 Å². The van der Waals surface area contributed by atoms with E-state index < -0.39 is 0 Å². The lowest BCUT2D eigenvalue weighted by molar-refractivity contribution is -0.119. The number of hydrogen-bond acceptors (Lipinski definition) is 4. The van der Waals surface area contributed by atoms with Crippen molar-refractivity contribution in [1.29, 1.82) is 0 Å². The number of amides is 1. The SMILES string of the molecule is COc1ccc(NC(=O)CC2CNCCO2)c(C)c1.Cl. The maximum absolute atomic E-state index is 11.9. The average molecular weight is 301 g/mol. The van der Waals surface area contributed by atoms with Crippen LogP contribution in [0.15, 0.2) is 18.2 Å². The highest BCUT2D eigenvalue weighted by Crippen LogP contribution is 2.21. The van der Waals surface area contributed by atoms with Gasteiger partial charge in [0, 0.05) is 18.8 Å². The number of nitrogens with one attached hydrogen (secondary N) is 2. The Morgan fingerprint density at radius 2 is 2.35 bits per heavy atom. The fourth-order valence-corrected chi connectivity index (χ4v) is 2.06. The minimum Gasteiger partial charge on any atom is -0.497 e. The summed E-state index contributed by atoms with van der Waals surface area (Å²) >= 11 is 0. The molecule has 6 heteroatoms. The van der Waals surface area contributed by atoms with Gasteiger partial charge >= 0.3 is 0 Å². The molecule has 0 aliphatic carbocycles. The van der Waals surface area contributed by atoms with Crippen LogP contribution in [0.5, 0.6) is 5.75 Å². The van der Waals surface area contributed by atoms with Gasteiger partial charge in [0.2, 0.25) is 5.91 Å². The number of methoxy groups -OCH3 is 1. The van der Waals surface area contributed by atoms with Gasteiger partial charge in [-0.1, -0.05) is 0 Å². The number of rotatable bonds is 4. The monoisotopic (exact) mass is 300 g/mol. The molecule has 1 saturated heterocycles. The lowest BCUT2D eigenvalue weighted by atomic mass is 10.1. The maximum atomic E-state index is 11.9. The molecule has 1 aromatic carbocycles. The Balaban J connectivity index is 0.00000200. The van der Waals surface area contributed by atoms with Crippen molar-refractivity contribution in [3.8, 4) is 5.75 Å². The molecule has 2 rings (SSSR count). The molecule has 1 aliphatic heterocycles. The van der Waals surface area contributed by atoms with E-state index in [0.29, 0.717) is 13.0 Å². The number of morpholine rings is 1. The van der Waals surface area contributed by atoms with Crippen molar-refractivity contribution >= 4 is 24.0 Å². The molecule has 1 amide bonds. The minimum absolute atomic E-state index is 0. The van der Waals surface area contributed by atoms with Crippen molar-refractivity contribution in [3.05, 3.63) is 23.8 Å². The van der Waals surface area contributed by atoms with Crippen LogP contribution in [0.4, 0.5) is 5.69 Å². The van der Waals surface area contributed by atoms with Gasteiger partial charge in [-0.25, -0.2) is 0 Å². The Hall–Kier alpha value is -1.30. The highest BCUT2D eigenvalue weighted by molar-refractivity contribution is 5.91. The summed E-state index contributed by atoms with van der Waals surface area (Å²) in [6.45, 7) is 4.20. The van der Waals surface area contributed by atoms with Crippen LogP contribution in [-0.4, -0.2) is 38.8 Å². The number of carbonyl (C=O) groups excluding carboxylic acids is 1. The first-order chi connectivity index (χ1) is 9.19. The largest absolute Gasteiger partial charge is 0.497 e. The van der Waals surface area contributed by atoms with Gasteiger partial charge in [-0.05, 0) is 30.7 Å². The van der Waals surface area contributed by atoms with Crippen molar-refractivity contribution < 1.29 is 14.3 Å². The molecule has 1 aliphatic rings. The van der Waals surface area contributed by atoms with E-state index in [2.05, 4.69) is 10.6 Å². The van der Waals surface area contributed by atoms with Crippen LogP contribution in [0.2, 0.25) is 0 Å². The third-order valence-electron chi connectivity index (χ3n) is 3.13. The molecule has 5 nitrogen and oxygen atoms in total. The molecule has 1 heterocycles. The smallest absolute Gasteiger partial charge is 0.227 e. The van der Waals surface area contributed by atoms with E-state index in [1.54, 1.807) is 7.11 Å². The standard InChI is InChI=1S/C14H20N2O3.ClH/c1-10-7-11(18-2)3-4-13(10)16-14(17)8-12-9-15-5-6-19-12;/h3-4,7,12,15H,5-6,8-9H2,1-2H3,(H,16,17);1H. The van der Waals surface area contributed by atoms with Crippen LogP contribution in [0.3, 0.4) is 0 Å². The van der Waals surface area contributed by atoms with Crippen molar-refractivity contribution in [2.75, 3.05) is 32.1 Å². The third kappa shape index (κ3) is 4.67. The highest BCUT2D eigenvalue weighted by atomic mass is 35.5. The molecule has 1 fully saturated rings. The van der Waals surface area contributed by atoms with E-state index in [4.69, 9.17) is 9.47 Å². The van der Waals surface area contributed by atoms with Crippen molar-refractivity contribution in [2.24, 2.45) is 0 Å². The molecule has 1 unspecified atom stereocenters. The van der Waals surface area contributed by atoms with Gasteiger partial charge in [-0.2, -0.15) is 0 Å². The van der Waals surface area contributed by atoms with Gasteiger partial charge in [0.15, 0.2) is 0 Å². The number of benzene rings is 1. The summed E-state index contributed by atoms with van der Waals surface area (Å²) in [4.78, 5) is 11.9. The first kappa shape index (κ1) is 16.8. The van der Waals surface area contributed by atoms with Gasteiger partial charge in [-0.3, -0.25) is 4.79 Å². The second-order valence-electron chi connectivity index (χ2n) is 4.63. The van der Waals surface area contributed by atoms with Crippen molar-refractivity contribution in [3.63, 3.8) is 0 Å². The van der Waals surface area contributed by atoms with Gasteiger partial charge in [0.1, 0.15) is 5.75 Å². The van der Waals surface area contributed by atoms with Crippen LogP contribution in [0, 0.1) is 6.92 Å². The first-order valence-electron chi connectivity index (χ1n) is 6.46. The molecule has 2 N–H and O–H groups in total.